The van der Waals surface area contributed by atoms with Crippen LogP contribution in [0.4, 0.5) is 0 Å². The van der Waals surface area contributed by atoms with Gasteiger partial charge in [-0.05, 0) is 29.8 Å². The molecule has 0 spiro atoms. The van der Waals surface area contributed by atoms with Crippen LogP contribution in [0.3, 0.4) is 0 Å². The normalized spacial score (nSPS) is 11.4. The summed E-state index contributed by atoms with van der Waals surface area (Å²) < 4.78 is 1.85. The molecule has 0 aliphatic heterocycles. The third-order valence-electron chi connectivity index (χ3n) is 2.54. The summed E-state index contributed by atoms with van der Waals surface area (Å²) in [4.78, 5) is 4.44. The van der Waals surface area contributed by atoms with Crippen LogP contribution in [-0.4, -0.2) is 38.3 Å². The van der Waals surface area contributed by atoms with E-state index in [1.165, 1.54) is 0 Å². The summed E-state index contributed by atoms with van der Waals surface area (Å²) in [6, 6.07) is 0. The Morgan fingerprint density at radius 3 is 3.00 bits per heavy atom. The third-order valence-corrected chi connectivity index (χ3v) is 4.66. The molecule has 2 aromatic rings. The van der Waals surface area contributed by atoms with E-state index in [9.17, 15) is 0 Å². The number of hydrogen-bond acceptors (Lipinski definition) is 7. The Bertz CT molecular complexity index is 522. The number of nitrogens with zero attached hydrogens (tertiary/aromatic N) is 5. The quantitative estimate of drug-likeness (QED) is 0.594. The van der Waals surface area contributed by atoms with E-state index in [-0.39, 0.29) is 0 Å². The molecule has 2 heterocycles. The minimum absolute atomic E-state index is 0.658. The smallest absolute Gasteiger partial charge is 0.209 e. The van der Waals surface area contributed by atoms with Gasteiger partial charge in [0.05, 0.1) is 12.3 Å². The molecule has 0 bridgehead atoms. The highest BCUT2D eigenvalue weighted by Gasteiger charge is 2.08. The van der Waals surface area contributed by atoms with Crippen molar-refractivity contribution >= 4 is 23.1 Å². The molecule has 0 unspecified atom stereocenters. The molecule has 8 heteroatoms. The molecule has 6 nitrogen and oxygen atoms in total. The number of tetrazole rings is 1. The highest BCUT2D eigenvalue weighted by atomic mass is 32.2. The molecule has 2 aromatic heterocycles. The lowest BCUT2D eigenvalue weighted by atomic mass is 10.2. The first kappa shape index (κ1) is 15.4. The fraction of sp³-hybridized carbons (Fsp3) is 0.667. The van der Waals surface area contributed by atoms with Crippen LogP contribution >= 0.6 is 23.1 Å². The predicted molar refractivity (Wildman–Crippen MR) is 81.9 cm³/mol. The summed E-state index contributed by atoms with van der Waals surface area (Å²) >= 11 is 3.31. The summed E-state index contributed by atoms with van der Waals surface area (Å²) in [5, 5.41) is 19.3. The number of thioether (sulfide) groups is 1. The maximum absolute atomic E-state index is 4.44. The summed E-state index contributed by atoms with van der Waals surface area (Å²) in [7, 11) is 0. The molecule has 0 aromatic carbocycles. The minimum Gasteiger partial charge on any atom is -0.315 e. The number of aryl methyl sites for hydroxylation is 1. The lowest BCUT2D eigenvalue weighted by Gasteiger charge is -2.07. The zero-order valence-corrected chi connectivity index (χ0v) is 13.7. The fourth-order valence-corrected chi connectivity index (χ4v) is 3.30. The first-order valence-electron chi connectivity index (χ1n) is 6.66. The van der Waals surface area contributed by atoms with Gasteiger partial charge in [0.1, 0.15) is 5.01 Å². The summed E-state index contributed by atoms with van der Waals surface area (Å²) in [6.45, 7) is 9.09. The topological polar surface area (TPSA) is 68.5 Å². The van der Waals surface area contributed by atoms with Gasteiger partial charge in [-0.25, -0.2) is 9.67 Å². The van der Waals surface area contributed by atoms with Crippen LogP contribution in [0, 0.1) is 12.8 Å². The van der Waals surface area contributed by atoms with E-state index < -0.39 is 0 Å². The SMILES string of the molecule is Cc1csc(CSc2nnnn2CCNCC(C)C)n1. The Balaban J connectivity index is 1.79. The van der Waals surface area contributed by atoms with E-state index in [4.69, 9.17) is 0 Å². The van der Waals surface area contributed by atoms with Crippen LogP contribution in [0.15, 0.2) is 10.5 Å². The van der Waals surface area contributed by atoms with Crippen molar-refractivity contribution in [3.63, 3.8) is 0 Å². The van der Waals surface area contributed by atoms with E-state index in [1.54, 1.807) is 23.1 Å². The van der Waals surface area contributed by atoms with Gasteiger partial charge in [0, 0.05) is 17.6 Å². The zero-order chi connectivity index (χ0) is 14.4. The molecule has 0 amide bonds. The maximum Gasteiger partial charge on any atom is 0.209 e. The van der Waals surface area contributed by atoms with Crippen molar-refractivity contribution in [2.45, 2.75) is 38.2 Å². The highest BCUT2D eigenvalue weighted by Crippen LogP contribution is 2.21. The lowest BCUT2D eigenvalue weighted by Crippen LogP contribution is -2.24. The second kappa shape index (κ2) is 7.70. The first-order valence-corrected chi connectivity index (χ1v) is 8.52. The van der Waals surface area contributed by atoms with Gasteiger partial charge in [0.25, 0.3) is 0 Å². The lowest BCUT2D eigenvalue weighted by molar-refractivity contribution is 0.482. The monoisotopic (exact) mass is 312 g/mol. The van der Waals surface area contributed by atoms with Gasteiger partial charge in [0.2, 0.25) is 5.16 Å². The number of hydrogen-bond donors (Lipinski definition) is 1. The summed E-state index contributed by atoms with van der Waals surface area (Å²) in [6.07, 6.45) is 0. The van der Waals surface area contributed by atoms with Crippen LogP contribution < -0.4 is 5.32 Å². The van der Waals surface area contributed by atoms with Crippen LogP contribution in [0.1, 0.15) is 24.5 Å². The second-order valence-electron chi connectivity index (χ2n) is 4.95. The van der Waals surface area contributed by atoms with Gasteiger partial charge in [-0.15, -0.1) is 16.4 Å². The van der Waals surface area contributed by atoms with Gasteiger partial charge < -0.3 is 5.32 Å². The molecule has 2 rings (SSSR count). The third kappa shape index (κ3) is 4.84. The minimum atomic E-state index is 0.658. The van der Waals surface area contributed by atoms with Crippen molar-refractivity contribution in [3.05, 3.63) is 16.1 Å². The Morgan fingerprint density at radius 1 is 1.45 bits per heavy atom. The summed E-state index contributed by atoms with van der Waals surface area (Å²) in [5.41, 5.74) is 1.07. The van der Waals surface area contributed by atoms with Gasteiger partial charge >= 0.3 is 0 Å². The largest absolute Gasteiger partial charge is 0.315 e. The zero-order valence-electron chi connectivity index (χ0n) is 12.0. The van der Waals surface area contributed by atoms with Crippen molar-refractivity contribution in [2.75, 3.05) is 13.1 Å². The Kier molecular flexibility index (Phi) is 5.93. The van der Waals surface area contributed by atoms with Crippen molar-refractivity contribution in [1.82, 2.24) is 30.5 Å². The molecule has 0 aliphatic rings. The molecule has 0 saturated carbocycles. The molecular weight excluding hydrogens is 292 g/mol. The first-order chi connectivity index (χ1) is 9.65. The number of thiazole rings is 1. The Labute approximate surface area is 127 Å². The van der Waals surface area contributed by atoms with Gasteiger partial charge in [0.15, 0.2) is 0 Å². The molecule has 0 aliphatic carbocycles. The molecule has 110 valence electrons. The molecular formula is C12H20N6S2. The van der Waals surface area contributed by atoms with E-state index in [0.29, 0.717) is 5.92 Å². The van der Waals surface area contributed by atoms with Crippen LogP contribution in [0.25, 0.3) is 0 Å². The van der Waals surface area contributed by atoms with E-state index >= 15 is 0 Å². The van der Waals surface area contributed by atoms with E-state index in [2.05, 4.69) is 45.1 Å². The van der Waals surface area contributed by atoms with Crippen molar-refractivity contribution < 1.29 is 0 Å². The van der Waals surface area contributed by atoms with Gasteiger partial charge in [-0.1, -0.05) is 25.6 Å². The Morgan fingerprint density at radius 2 is 2.30 bits per heavy atom. The molecule has 0 atom stereocenters. The standard InChI is InChI=1S/C12H20N6S2/c1-9(2)6-13-4-5-18-12(15-16-17-18)20-8-11-14-10(3)7-19-11/h7,9,13H,4-6,8H2,1-3H3. The van der Waals surface area contributed by atoms with Crippen molar-refractivity contribution in [3.8, 4) is 0 Å². The van der Waals surface area contributed by atoms with E-state index in [0.717, 1.165) is 41.2 Å². The van der Waals surface area contributed by atoms with Crippen LogP contribution in [0.2, 0.25) is 0 Å². The van der Waals surface area contributed by atoms with Crippen molar-refractivity contribution in [2.24, 2.45) is 5.92 Å². The molecule has 20 heavy (non-hydrogen) atoms. The van der Waals surface area contributed by atoms with Gasteiger partial charge in [-0.2, -0.15) is 0 Å². The Hall–Kier alpha value is -0.990. The second-order valence-corrected chi connectivity index (χ2v) is 6.84. The number of rotatable bonds is 8. The van der Waals surface area contributed by atoms with Gasteiger partial charge in [-0.3, -0.25) is 0 Å². The predicted octanol–water partition coefficient (Wildman–Crippen LogP) is 1.98. The van der Waals surface area contributed by atoms with Crippen molar-refractivity contribution in [1.29, 1.82) is 0 Å². The average Bonchev–Trinajstić information content (AvgIpc) is 3.01. The molecule has 0 radical (unpaired) electrons. The number of aromatic nitrogens is 5. The number of nitrogens with one attached hydrogen (secondary N) is 1. The summed E-state index contributed by atoms with van der Waals surface area (Å²) in [5.74, 6) is 1.48. The highest BCUT2D eigenvalue weighted by molar-refractivity contribution is 7.98. The molecule has 0 fully saturated rings. The van der Waals surface area contributed by atoms with Crippen LogP contribution in [0.5, 0.6) is 0 Å². The molecule has 1 N–H and O–H groups in total. The fourth-order valence-electron chi connectivity index (χ4n) is 1.61. The average molecular weight is 312 g/mol. The van der Waals surface area contributed by atoms with Crippen LogP contribution in [-0.2, 0) is 12.3 Å². The van der Waals surface area contributed by atoms with E-state index in [1.807, 2.05) is 11.6 Å². The molecule has 0 saturated heterocycles. The maximum atomic E-state index is 4.44.